The lowest BCUT2D eigenvalue weighted by molar-refractivity contribution is 0.904. The van der Waals surface area contributed by atoms with E-state index in [9.17, 15) is 0 Å². The van der Waals surface area contributed by atoms with Crippen LogP contribution in [0.15, 0.2) is 34.9 Å². The lowest BCUT2D eigenvalue weighted by Gasteiger charge is -2.19. The molecule has 1 heterocycles. The van der Waals surface area contributed by atoms with Gasteiger partial charge in [-0.25, -0.2) is 9.97 Å². The standard InChI is InChI=1S/C15H13BrN4/c1-20(12-4-2-3-10(7-12)9-17)14-8-13(16)18-15(19-14)11-5-6-11/h2-4,7-8,11H,5-6H2,1H3. The predicted octanol–water partition coefficient (Wildman–Crippen LogP) is 3.76. The predicted molar refractivity (Wildman–Crippen MR) is 80.9 cm³/mol. The summed E-state index contributed by atoms with van der Waals surface area (Å²) in [6.45, 7) is 0. The van der Waals surface area contributed by atoms with E-state index in [1.807, 2.05) is 36.2 Å². The van der Waals surface area contributed by atoms with Crippen molar-refractivity contribution in [1.82, 2.24) is 9.97 Å². The largest absolute Gasteiger partial charge is 0.329 e. The Bertz CT molecular complexity index is 689. The van der Waals surface area contributed by atoms with E-state index >= 15 is 0 Å². The maximum atomic E-state index is 8.98. The molecule has 0 radical (unpaired) electrons. The van der Waals surface area contributed by atoms with E-state index in [0.29, 0.717) is 11.5 Å². The van der Waals surface area contributed by atoms with Gasteiger partial charge in [-0.3, -0.25) is 0 Å². The van der Waals surface area contributed by atoms with Crippen LogP contribution < -0.4 is 4.90 Å². The SMILES string of the molecule is CN(c1cccc(C#N)c1)c1cc(Br)nc(C2CC2)n1. The van der Waals surface area contributed by atoms with Crippen LogP contribution in [0.2, 0.25) is 0 Å². The summed E-state index contributed by atoms with van der Waals surface area (Å²) >= 11 is 3.45. The van der Waals surface area contributed by atoms with Crippen molar-refractivity contribution in [2.45, 2.75) is 18.8 Å². The minimum atomic E-state index is 0.505. The minimum Gasteiger partial charge on any atom is -0.329 e. The third kappa shape index (κ3) is 2.66. The molecule has 1 aromatic heterocycles. The monoisotopic (exact) mass is 328 g/mol. The van der Waals surface area contributed by atoms with Crippen molar-refractivity contribution < 1.29 is 0 Å². The summed E-state index contributed by atoms with van der Waals surface area (Å²) < 4.78 is 0.799. The van der Waals surface area contributed by atoms with Crippen LogP contribution in [0, 0.1) is 11.3 Å². The molecule has 4 nitrogen and oxygen atoms in total. The zero-order valence-electron chi connectivity index (χ0n) is 11.0. The highest BCUT2D eigenvalue weighted by atomic mass is 79.9. The van der Waals surface area contributed by atoms with Gasteiger partial charge in [-0.2, -0.15) is 5.26 Å². The number of halogens is 1. The number of anilines is 2. The third-order valence-corrected chi connectivity index (χ3v) is 3.75. The Hall–Kier alpha value is -1.93. The molecule has 0 spiro atoms. The number of aromatic nitrogens is 2. The molecule has 1 aromatic carbocycles. The lowest BCUT2D eigenvalue weighted by Crippen LogP contribution is -2.13. The van der Waals surface area contributed by atoms with Crippen LogP contribution in [0.4, 0.5) is 11.5 Å². The molecule has 5 heteroatoms. The molecule has 0 atom stereocenters. The quantitative estimate of drug-likeness (QED) is 0.805. The van der Waals surface area contributed by atoms with Crippen molar-refractivity contribution in [2.24, 2.45) is 0 Å². The molecule has 1 fully saturated rings. The van der Waals surface area contributed by atoms with Crippen LogP contribution >= 0.6 is 15.9 Å². The van der Waals surface area contributed by atoms with Crippen LogP contribution in [-0.4, -0.2) is 17.0 Å². The van der Waals surface area contributed by atoms with Gasteiger partial charge in [-0.1, -0.05) is 6.07 Å². The minimum absolute atomic E-state index is 0.505. The third-order valence-electron chi connectivity index (χ3n) is 3.35. The highest BCUT2D eigenvalue weighted by molar-refractivity contribution is 9.10. The molecule has 1 aliphatic rings. The summed E-state index contributed by atoms with van der Waals surface area (Å²) in [5, 5.41) is 8.98. The van der Waals surface area contributed by atoms with Crippen LogP contribution in [0.3, 0.4) is 0 Å². The summed E-state index contributed by atoms with van der Waals surface area (Å²) in [7, 11) is 1.95. The van der Waals surface area contributed by atoms with Crippen molar-refractivity contribution >= 4 is 27.4 Å². The smallest absolute Gasteiger partial charge is 0.137 e. The molecule has 0 aliphatic heterocycles. The Balaban J connectivity index is 1.97. The van der Waals surface area contributed by atoms with Gasteiger partial charge in [-0.05, 0) is 47.0 Å². The molecule has 1 saturated carbocycles. The molecule has 0 bridgehead atoms. The zero-order valence-corrected chi connectivity index (χ0v) is 12.6. The van der Waals surface area contributed by atoms with Gasteiger partial charge >= 0.3 is 0 Å². The van der Waals surface area contributed by atoms with Gasteiger partial charge in [-0.15, -0.1) is 0 Å². The summed E-state index contributed by atoms with van der Waals surface area (Å²) in [5.74, 6) is 2.24. The van der Waals surface area contributed by atoms with Crippen molar-refractivity contribution in [3.63, 3.8) is 0 Å². The second-order valence-electron chi connectivity index (χ2n) is 4.90. The Kier molecular flexibility index (Phi) is 3.41. The second kappa shape index (κ2) is 5.22. The fraction of sp³-hybridized carbons (Fsp3) is 0.267. The first-order valence-corrected chi connectivity index (χ1v) is 7.25. The summed E-state index contributed by atoms with van der Waals surface area (Å²) in [5.41, 5.74) is 1.58. The number of hydrogen-bond donors (Lipinski definition) is 0. The molecule has 0 saturated heterocycles. The van der Waals surface area contributed by atoms with Gasteiger partial charge in [0.2, 0.25) is 0 Å². The molecule has 100 valence electrons. The maximum Gasteiger partial charge on any atom is 0.137 e. The van der Waals surface area contributed by atoms with Gasteiger partial charge in [0.25, 0.3) is 0 Å². The van der Waals surface area contributed by atoms with Crippen LogP contribution in [0.1, 0.15) is 30.1 Å². The van der Waals surface area contributed by atoms with Gasteiger partial charge < -0.3 is 4.90 Å². The molecule has 0 unspecified atom stereocenters. The molecule has 3 rings (SSSR count). The maximum absolute atomic E-state index is 8.98. The normalized spacial score (nSPS) is 13.8. The first-order valence-electron chi connectivity index (χ1n) is 6.46. The van der Waals surface area contributed by atoms with Gasteiger partial charge in [0.1, 0.15) is 16.2 Å². The zero-order chi connectivity index (χ0) is 14.1. The molecule has 0 N–H and O–H groups in total. The van der Waals surface area contributed by atoms with E-state index in [4.69, 9.17) is 5.26 Å². The Morgan fingerprint density at radius 3 is 2.80 bits per heavy atom. The first kappa shape index (κ1) is 13.1. The first-order chi connectivity index (χ1) is 9.67. The number of rotatable bonds is 3. The molecule has 20 heavy (non-hydrogen) atoms. The van der Waals surface area contributed by atoms with Crippen molar-refractivity contribution in [2.75, 3.05) is 11.9 Å². The van der Waals surface area contributed by atoms with Crippen LogP contribution in [-0.2, 0) is 0 Å². The van der Waals surface area contributed by atoms with Gasteiger partial charge in [0.05, 0.1) is 11.6 Å². The van der Waals surface area contributed by atoms with Crippen molar-refractivity contribution in [3.05, 3.63) is 46.3 Å². The molecule has 2 aromatic rings. The van der Waals surface area contributed by atoms with Crippen LogP contribution in [0.25, 0.3) is 0 Å². The van der Waals surface area contributed by atoms with E-state index in [2.05, 4.69) is 32.0 Å². The van der Waals surface area contributed by atoms with Crippen molar-refractivity contribution in [1.29, 1.82) is 5.26 Å². The number of benzene rings is 1. The molecule has 0 amide bonds. The fourth-order valence-corrected chi connectivity index (χ4v) is 2.42. The second-order valence-corrected chi connectivity index (χ2v) is 5.71. The van der Waals surface area contributed by atoms with E-state index in [1.54, 1.807) is 6.07 Å². The number of nitrogens with zero attached hydrogens (tertiary/aromatic N) is 4. The van der Waals surface area contributed by atoms with E-state index < -0.39 is 0 Å². The summed E-state index contributed by atoms with van der Waals surface area (Å²) in [4.78, 5) is 11.0. The van der Waals surface area contributed by atoms with Crippen LogP contribution in [0.5, 0.6) is 0 Å². The summed E-state index contributed by atoms with van der Waals surface area (Å²) in [6.07, 6.45) is 2.34. The van der Waals surface area contributed by atoms with E-state index in [-0.39, 0.29) is 0 Å². The van der Waals surface area contributed by atoms with Crippen molar-refractivity contribution in [3.8, 4) is 6.07 Å². The lowest BCUT2D eigenvalue weighted by atomic mass is 10.2. The molecule has 1 aliphatic carbocycles. The number of hydrogen-bond acceptors (Lipinski definition) is 4. The Morgan fingerprint density at radius 1 is 1.30 bits per heavy atom. The number of nitriles is 1. The van der Waals surface area contributed by atoms with Gasteiger partial charge in [0, 0.05) is 24.7 Å². The summed E-state index contributed by atoms with van der Waals surface area (Å²) in [6, 6.07) is 11.5. The van der Waals surface area contributed by atoms with Gasteiger partial charge in [0.15, 0.2) is 0 Å². The molecular formula is C15H13BrN4. The van der Waals surface area contributed by atoms with E-state index in [1.165, 1.54) is 12.8 Å². The van der Waals surface area contributed by atoms with E-state index in [0.717, 1.165) is 21.9 Å². The highest BCUT2D eigenvalue weighted by Crippen LogP contribution is 2.39. The average Bonchev–Trinajstić information content (AvgIpc) is 3.30. The Labute approximate surface area is 126 Å². The Morgan fingerprint density at radius 2 is 2.10 bits per heavy atom. The topological polar surface area (TPSA) is 52.8 Å². The highest BCUT2D eigenvalue weighted by Gasteiger charge is 2.27. The average molecular weight is 329 g/mol. The molecular weight excluding hydrogens is 316 g/mol. The fourth-order valence-electron chi connectivity index (χ4n) is 2.04.